The van der Waals surface area contributed by atoms with Gasteiger partial charge < -0.3 is 14.8 Å². The fourth-order valence-electron chi connectivity index (χ4n) is 2.37. The maximum Gasteiger partial charge on any atom is 0.350 e. The first-order valence-corrected chi connectivity index (χ1v) is 8.86. The Balaban J connectivity index is 2.00. The number of carbonyl (C=O) groups is 2. The van der Waals surface area contributed by atoms with Crippen LogP contribution in [0.1, 0.15) is 32.2 Å². The molecule has 0 aliphatic rings. The van der Waals surface area contributed by atoms with Crippen molar-refractivity contribution in [3.8, 4) is 5.75 Å². The van der Waals surface area contributed by atoms with Crippen LogP contribution in [0, 0.1) is 13.8 Å². The molecule has 0 aliphatic heterocycles. The van der Waals surface area contributed by atoms with E-state index in [0.29, 0.717) is 22.2 Å². The van der Waals surface area contributed by atoms with Crippen LogP contribution in [0.2, 0.25) is 5.02 Å². The van der Waals surface area contributed by atoms with E-state index in [9.17, 15) is 9.59 Å². The zero-order chi connectivity index (χ0) is 20.4. The molecule has 0 bridgehead atoms. The standard InChI is InChI=1S/C19H24ClN3O4/c1-11-16(12(2)23(6)22-11)21-17(24)13(3)26-18(25)19(4,5)27-15-9-7-14(20)8-10-15/h7-10,13H,1-6H3,(H,21,24)/t13-/m0/s1. The first-order chi connectivity index (χ1) is 12.5. The second-order valence-electron chi connectivity index (χ2n) is 6.77. The van der Waals surface area contributed by atoms with E-state index in [0.717, 1.165) is 5.69 Å². The Morgan fingerprint density at radius 3 is 2.33 bits per heavy atom. The minimum Gasteiger partial charge on any atom is -0.476 e. The number of hydrogen-bond acceptors (Lipinski definition) is 5. The molecule has 0 fully saturated rings. The molecule has 27 heavy (non-hydrogen) atoms. The SMILES string of the molecule is Cc1nn(C)c(C)c1NC(=O)[C@H](C)OC(=O)C(C)(C)Oc1ccc(Cl)cc1. The Bertz CT molecular complexity index is 843. The van der Waals surface area contributed by atoms with E-state index in [-0.39, 0.29) is 0 Å². The van der Waals surface area contributed by atoms with Gasteiger partial charge in [-0.1, -0.05) is 11.6 Å². The van der Waals surface area contributed by atoms with Crippen LogP contribution in [0.3, 0.4) is 0 Å². The molecule has 1 N–H and O–H groups in total. The van der Waals surface area contributed by atoms with Gasteiger partial charge in [0, 0.05) is 12.1 Å². The maximum atomic E-state index is 12.5. The highest BCUT2D eigenvalue weighted by Crippen LogP contribution is 2.23. The van der Waals surface area contributed by atoms with Gasteiger partial charge in [0.25, 0.3) is 5.91 Å². The molecule has 0 radical (unpaired) electrons. The summed E-state index contributed by atoms with van der Waals surface area (Å²) in [5, 5.41) is 7.56. The molecule has 2 rings (SSSR count). The van der Waals surface area contributed by atoms with Gasteiger partial charge in [-0.2, -0.15) is 5.10 Å². The second kappa shape index (κ2) is 8.00. The number of ether oxygens (including phenoxy) is 2. The van der Waals surface area contributed by atoms with Crippen molar-refractivity contribution in [3.05, 3.63) is 40.7 Å². The van der Waals surface area contributed by atoms with E-state index in [1.165, 1.54) is 6.92 Å². The summed E-state index contributed by atoms with van der Waals surface area (Å²) in [5.74, 6) is -0.621. The van der Waals surface area contributed by atoms with Crippen molar-refractivity contribution >= 4 is 29.2 Å². The molecular formula is C19H24ClN3O4. The Kier molecular flexibility index (Phi) is 6.15. The molecule has 0 saturated carbocycles. The summed E-state index contributed by atoms with van der Waals surface area (Å²) in [7, 11) is 1.79. The van der Waals surface area contributed by atoms with Crippen LogP contribution < -0.4 is 10.1 Å². The number of amides is 1. The largest absolute Gasteiger partial charge is 0.476 e. The topological polar surface area (TPSA) is 82.5 Å². The molecule has 0 aliphatic carbocycles. The zero-order valence-corrected chi connectivity index (χ0v) is 17.0. The number of nitrogens with zero attached hydrogens (tertiary/aromatic N) is 2. The number of anilines is 1. The van der Waals surface area contributed by atoms with Crippen molar-refractivity contribution in [3.63, 3.8) is 0 Å². The number of esters is 1. The summed E-state index contributed by atoms with van der Waals surface area (Å²) < 4.78 is 12.7. The van der Waals surface area contributed by atoms with Crippen molar-refractivity contribution in [2.24, 2.45) is 7.05 Å². The van der Waals surface area contributed by atoms with E-state index >= 15 is 0 Å². The summed E-state index contributed by atoms with van der Waals surface area (Å²) in [5.41, 5.74) is 0.837. The van der Waals surface area contributed by atoms with Crippen molar-refractivity contribution < 1.29 is 19.1 Å². The number of halogens is 1. The first kappa shape index (κ1) is 20.8. The number of carbonyl (C=O) groups excluding carboxylic acids is 2. The van der Waals surface area contributed by atoms with Gasteiger partial charge in [-0.25, -0.2) is 4.79 Å². The molecule has 1 aromatic heterocycles. The fourth-order valence-corrected chi connectivity index (χ4v) is 2.50. The van der Waals surface area contributed by atoms with Gasteiger partial charge >= 0.3 is 5.97 Å². The predicted molar refractivity (Wildman–Crippen MR) is 103 cm³/mol. The number of rotatable bonds is 6. The van der Waals surface area contributed by atoms with Crippen LogP contribution in [0.15, 0.2) is 24.3 Å². The summed E-state index contributed by atoms with van der Waals surface area (Å²) in [4.78, 5) is 24.9. The minimum atomic E-state index is -1.28. The minimum absolute atomic E-state index is 0.440. The van der Waals surface area contributed by atoms with Crippen molar-refractivity contribution in [1.82, 2.24) is 9.78 Å². The van der Waals surface area contributed by atoms with E-state index in [2.05, 4.69) is 10.4 Å². The summed E-state index contributed by atoms with van der Waals surface area (Å²) in [6.45, 7) is 8.29. The van der Waals surface area contributed by atoms with Gasteiger partial charge in [0.05, 0.1) is 17.1 Å². The average Bonchev–Trinajstić information content (AvgIpc) is 2.82. The lowest BCUT2D eigenvalue weighted by atomic mass is 10.1. The third-order valence-electron chi connectivity index (χ3n) is 4.09. The highest BCUT2D eigenvalue weighted by molar-refractivity contribution is 6.30. The van der Waals surface area contributed by atoms with Gasteiger partial charge in [-0.05, 0) is 58.9 Å². The number of nitrogens with one attached hydrogen (secondary N) is 1. The molecule has 0 unspecified atom stereocenters. The summed E-state index contributed by atoms with van der Waals surface area (Å²) in [6.07, 6.45) is -0.996. The lowest BCUT2D eigenvalue weighted by molar-refractivity contribution is -0.166. The van der Waals surface area contributed by atoms with Gasteiger partial charge in [-0.15, -0.1) is 0 Å². The molecule has 1 heterocycles. The number of aryl methyl sites for hydroxylation is 2. The second-order valence-corrected chi connectivity index (χ2v) is 7.21. The lowest BCUT2D eigenvalue weighted by Crippen LogP contribution is -2.43. The van der Waals surface area contributed by atoms with E-state index in [4.69, 9.17) is 21.1 Å². The Hall–Kier alpha value is -2.54. The number of aromatic nitrogens is 2. The first-order valence-electron chi connectivity index (χ1n) is 8.48. The molecule has 1 amide bonds. The lowest BCUT2D eigenvalue weighted by Gasteiger charge is -2.26. The van der Waals surface area contributed by atoms with Crippen LogP contribution in [-0.2, 0) is 21.4 Å². The molecule has 1 atom stereocenters. The monoisotopic (exact) mass is 393 g/mol. The van der Waals surface area contributed by atoms with E-state index in [1.807, 2.05) is 6.92 Å². The van der Waals surface area contributed by atoms with E-state index < -0.39 is 23.6 Å². The summed E-state index contributed by atoms with van der Waals surface area (Å²) >= 11 is 5.84. The van der Waals surface area contributed by atoms with E-state index in [1.54, 1.807) is 56.8 Å². The van der Waals surface area contributed by atoms with Gasteiger partial charge in [0.1, 0.15) is 5.75 Å². The predicted octanol–water partition coefficient (Wildman–Crippen LogP) is 3.42. The maximum absolute atomic E-state index is 12.5. The average molecular weight is 394 g/mol. The molecule has 7 nitrogen and oxygen atoms in total. The zero-order valence-electron chi connectivity index (χ0n) is 16.3. The quantitative estimate of drug-likeness (QED) is 0.760. The van der Waals surface area contributed by atoms with Crippen molar-refractivity contribution in [1.29, 1.82) is 0 Å². The Morgan fingerprint density at radius 2 is 1.81 bits per heavy atom. The van der Waals surface area contributed by atoms with Crippen LogP contribution in [0.25, 0.3) is 0 Å². The third-order valence-corrected chi connectivity index (χ3v) is 4.34. The summed E-state index contributed by atoms with van der Waals surface area (Å²) in [6, 6.07) is 6.63. The molecule has 1 aromatic carbocycles. The third kappa shape index (κ3) is 5.01. The molecule has 8 heteroatoms. The highest BCUT2D eigenvalue weighted by Gasteiger charge is 2.34. The molecule has 2 aromatic rings. The normalized spacial score (nSPS) is 12.4. The molecular weight excluding hydrogens is 370 g/mol. The fraction of sp³-hybridized carbons (Fsp3) is 0.421. The molecule has 146 valence electrons. The molecule has 0 spiro atoms. The van der Waals surface area contributed by atoms with Crippen LogP contribution in [-0.4, -0.2) is 33.4 Å². The van der Waals surface area contributed by atoms with Gasteiger partial charge in [-0.3, -0.25) is 9.48 Å². The van der Waals surface area contributed by atoms with Gasteiger partial charge in [0.2, 0.25) is 0 Å². The Morgan fingerprint density at radius 1 is 1.22 bits per heavy atom. The van der Waals surface area contributed by atoms with Crippen LogP contribution >= 0.6 is 11.6 Å². The molecule has 0 saturated heterocycles. The highest BCUT2D eigenvalue weighted by atomic mass is 35.5. The smallest absolute Gasteiger partial charge is 0.350 e. The number of hydrogen-bond donors (Lipinski definition) is 1. The van der Waals surface area contributed by atoms with Gasteiger partial charge in [0.15, 0.2) is 11.7 Å². The van der Waals surface area contributed by atoms with Crippen molar-refractivity contribution in [2.45, 2.75) is 46.3 Å². The Labute approximate surface area is 163 Å². The van der Waals surface area contributed by atoms with Crippen LogP contribution in [0.4, 0.5) is 5.69 Å². The van der Waals surface area contributed by atoms with Crippen molar-refractivity contribution in [2.75, 3.05) is 5.32 Å². The number of benzene rings is 1. The van der Waals surface area contributed by atoms with Crippen LogP contribution in [0.5, 0.6) is 5.75 Å².